The van der Waals surface area contributed by atoms with Gasteiger partial charge in [0.25, 0.3) is 0 Å². The summed E-state index contributed by atoms with van der Waals surface area (Å²) in [6.07, 6.45) is -0.999. The molecule has 1 atom stereocenters. The molecule has 2 aliphatic rings. The van der Waals surface area contributed by atoms with Crippen LogP contribution < -0.4 is 0 Å². The first kappa shape index (κ1) is 8.85. The summed E-state index contributed by atoms with van der Waals surface area (Å²) < 4.78 is 36.8. The van der Waals surface area contributed by atoms with Gasteiger partial charge in [-0.2, -0.15) is 13.2 Å². The van der Waals surface area contributed by atoms with E-state index in [1.807, 2.05) is 13.8 Å². The molecule has 72 valence electrons. The molecule has 0 aliphatic heterocycles. The third kappa shape index (κ3) is 1.21. The zero-order valence-corrected chi connectivity index (χ0v) is 7.57. The van der Waals surface area contributed by atoms with Gasteiger partial charge in [0.05, 0.1) is 5.57 Å². The van der Waals surface area contributed by atoms with Crippen LogP contribution in [0.1, 0.15) is 20.3 Å². The fourth-order valence-electron chi connectivity index (χ4n) is 2.05. The normalized spacial score (nSPS) is 30.4. The Morgan fingerprint density at radius 3 is 2.46 bits per heavy atom. The summed E-state index contributed by atoms with van der Waals surface area (Å²) in [6.45, 7) is 3.99. The van der Waals surface area contributed by atoms with Crippen LogP contribution in [0.4, 0.5) is 13.2 Å². The molecule has 2 rings (SSSR count). The van der Waals surface area contributed by atoms with E-state index in [2.05, 4.69) is 0 Å². The summed E-state index contributed by atoms with van der Waals surface area (Å²) in [6, 6.07) is 0. The predicted molar refractivity (Wildman–Crippen MR) is 44.1 cm³/mol. The van der Waals surface area contributed by atoms with Crippen molar-refractivity contribution >= 4 is 0 Å². The smallest absolute Gasteiger partial charge is 0.166 e. The monoisotopic (exact) mass is 188 g/mol. The lowest BCUT2D eigenvalue weighted by molar-refractivity contribution is -0.0886. The summed E-state index contributed by atoms with van der Waals surface area (Å²) in [5.74, 6) is 0.360. The van der Waals surface area contributed by atoms with Crippen LogP contribution in [0.2, 0.25) is 0 Å². The van der Waals surface area contributed by atoms with E-state index in [0.717, 1.165) is 5.57 Å². The zero-order chi connectivity index (χ0) is 9.85. The fraction of sp³-hybridized carbons (Fsp3) is 0.600. The van der Waals surface area contributed by atoms with E-state index < -0.39 is 11.7 Å². The summed E-state index contributed by atoms with van der Waals surface area (Å²) in [5, 5.41) is 0. The molecule has 0 saturated heterocycles. The highest BCUT2D eigenvalue weighted by Crippen LogP contribution is 2.62. The molecule has 0 nitrogen and oxygen atoms in total. The minimum absolute atomic E-state index is 0.00347. The van der Waals surface area contributed by atoms with Crippen LogP contribution in [0.3, 0.4) is 0 Å². The van der Waals surface area contributed by atoms with Crippen LogP contribution in [0.25, 0.3) is 0 Å². The average molecular weight is 188 g/mol. The Morgan fingerprint density at radius 2 is 2.00 bits per heavy atom. The van der Waals surface area contributed by atoms with E-state index in [4.69, 9.17) is 0 Å². The highest BCUT2D eigenvalue weighted by molar-refractivity contribution is 5.47. The molecule has 13 heavy (non-hydrogen) atoms. The van der Waals surface area contributed by atoms with E-state index >= 15 is 0 Å². The van der Waals surface area contributed by atoms with Crippen molar-refractivity contribution in [1.82, 2.24) is 0 Å². The Labute approximate surface area is 75.1 Å². The van der Waals surface area contributed by atoms with Crippen molar-refractivity contribution in [1.29, 1.82) is 0 Å². The van der Waals surface area contributed by atoms with E-state index in [-0.39, 0.29) is 5.41 Å². The van der Waals surface area contributed by atoms with Crippen LogP contribution in [0.15, 0.2) is 23.3 Å². The van der Waals surface area contributed by atoms with Crippen molar-refractivity contribution in [3.8, 4) is 0 Å². The molecule has 0 aromatic rings. The molecule has 0 radical (unpaired) electrons. The third-order valence-electron chi connectivity index (χ3n) is 3.12. The fourth-order valence-corrected chi connectivity index (χ4v) is 2.05. The van der Waals surface area contributed by atoms with Gasteiger partial charge in [0.2, 0.25) is 0 Å². The average Bonchev–Trinajstić information content (AvgIpc) is 2.53. The number of hydrogen-bond acceptors (Lipinski definition) is 0. The van der Waals surface area contributed by atoms with Crippen molar-refractivity contribution in [2.24, 2.45) is 11.3 Å². The van der Waals surface area contributed by atoms with Crippen molar-refractivity contribution < 1.29 is 13.2 Å². The number of allylic oxidation sites excluding steroid dienone is 4. The second-order valence-corrected chi connectivity index (χ2v) is 4.27. The Balaban J connectivity index is 2.25. The lowest BCUT2D eigenvalue weighted by atomic mass is 10.1. The lowest BCUT2D eigenvalue weighted by Gasteiger charge is -2.09. The van der Waals surface area contributed by atoms with E-state index in [0.29, 0.717) is 12.3 Å². The SMILES string of the molecule is CC1(C)C2=CC(C(F)(F)F)=CCC21. The lowest BCUT2D eigenvalue weighted by Crippen LogP contribution is -2.11. The largest absolute Gasteiger partial charge is 0.416 e. The second-order valence-electron chi connectivity index (χ2n) is 4.27. The van der Waals surface area contributed by atoms with Gasteiger partial charge in [-0.1, -0.05) is 31.6 Å². The molecule has 0 heterocycles. The van der Waals surface area contributed by atoms with Gasteiger partial charge in [0.1, 0.15) is 0 Å². The van der Waals surface area contributed by atoms with Gasteiger partial charge in [0.15, 0.2) is 0 Å². The first-order valence-corrected chi connectivity index (χ1v) is 4.33. The van der Waals surface area contributed by atoms with Crippen molar-refractivity contribution in [3.63, 3.8) is 0 Å². The third-order valence-corrected chi connectivity index (χ3v) is 3.12. The zero-order valence-electron chi connectivity index (χ0n) is 7.57. The van der Waals surface area contributed by atoms with Gasteiger partial charge >= 0.3 is 6.18 Å². The maximum Gasteiger partial charge on any atom is 0.416 e. The summed E-state index contributed by atoms with van der Waals surface area (Å²) >= 11 is 0. The summed E-state index contributed by atoms with van der Waals surface area (Å²) in [5.41, 5.74) is 0.496. The molecule has 0 spiro atoms. The van der Waals surface area contributed by atoms with E-state index in [1.54, 1.807) is 0 Å². The number of hydrogen-bond donors (Lipinski definition) is 0. The van der Waals surface area contributed by atoms with Crippen LogP contribution in [0.5, 0.6) is 0 Å². The minimum Gasteiger partial charge on any atom is -0.166 e. The molecule has 0 bridgehead atoms. The molecular formula is C10H11F3. The topological polar surface area (TPSA) is 0 Å². The summed E-state index contributed by atoms with van der Waals surface area (Å²) in [4.78, 5) is 0. The van der Waals surface area contributed by atoms with Gasteiger partial charge in [-0.3, -0.25) is 0 Å². The standard InChI is InChI=1S/C10H11F3/c1-9(2)7-4-3-6(5-8(7)9)10(11,12)13/h3,5,7H,4H2,1-2H3. The molecule has 1 fully saturated rings. The molecular weight excluding hydrogens is 177 g/mol. The maximum atomic E-state index is 12.3. The van der Waals surface area contributed by atoms with Gasteiger partial charge < -0.3 is 0 Å². The van der Waals surface area contributed by atoms with Gasteiger partial charge in [-0.25, -0.2) is 0 Å². The minimum atomic E-state index is -4.17. The molecule has 2 aliphatic carbocycles. The molecule has 0 N–H and O–H groups in total. The molecule has 1 unspecified atom stereocenters. The molecule has 0 amide bonds. The molecule has 0 aromatic carbocycles. The second kappa shape index (κ2) is 2.20. The predicted octanol–water partition coefficient (Wildman–Crippen LogP) is 3.46. The Bertz CT molecular complexity index is 305. The van der Waals surface area contributed by atoms with Crippen LogP contribution in [-0.2, 0) is 0 Å². The van der Waals surface area contributed by atoms with E-state index in [1.165, 1.54) is 12.2 Å². The molecule has 0 aromatic heterocycles. The first-order chi connectivity index (χ1) is 5.83. The van der Waals surface area contributed by atoms with Crippen molar-refractivity contribution in [2.45, 2.75) is 26.4 Å². The number of halogens is 3. The van der Waals surface area contributed by atoms with Gasteiger partial charge in [-0.05, 0) is 17.8 Å². The molecule has 1 saturated carbocycles. The Morgan fingerprint density at radius 1 is 1.38 bits per heavy atom. The number of alkyl halides is 3. The van der Waals surface area contributed by atoms with Crippen molar-refractivity contribution in [2.75, 3.05) is 0 Å². The van der Waals surface area contributed by atoms with Crippen LogP contribution in [-0.4, -0.2) is 6.18 Å². The highest BCUT2D eigenvalue weighted by atomic mass is 19.4. The van der Waals surface area contributed by atoms with Gasteiger partial charge in [0, 0.05) is 0 Å². The number of fused-ring (bicyclic) bond motifs is 1. The van der Waals surface area contributed by atoms with E-state index in [9.17, 15) is 13.2 Å². The quantitative estimate of drug-likeness (QED) is 0.546. The number of rotatable bonds is 0. The van der Waals surface area contributed by atoms with Crippen LogP contribution in [0, 0.1) is 11.3 Å². The van der Waals surface area contributed by atoms with Crippen molar-refractivity contribution in [3.05, 3.63) is 23.3 Å². The van der Waals surface area contributed by atoms with Crippen LogP contribution >= 0.6 is 0 Å². The summed E-state index contributed by atoms with van der Waals surface area (Å²) in [7, 11) is 0. The first-order valence-electron chi connectivity index (χ1n) is 4.33. The molecule has 3 heteroatoms. The highest BCUT2D eigenvalue weighted by Gasteiger charge is 2.53. The Kier molecular flexibility index (Phi) is 1.49. The Hall–Kier alpha value is -0.730. The maximum absolute atomic E-state index is 12.3. The van der Waals surface area contributed by atoms with Gasteiger partial charge in [-0.15, -0.1) is 0 Å².